The van der Waals surface area contributed by atoms with E-state index in [2.05, 4.69) is 6.92 Å². The molecule has 1 saturated carbocycles. The van der Waals surface area contributed by atoms with Crippen molar-refractivity contribution in [2.45, 2.75) is 109 Å². The van der Waals surface area contributed by atoms with E-state index < -0.39 is 0 Å². The third-order valence-electron chi connectivity index (χ3n) is 7.92. The molecule has 1 aliphatic carbocycles. The highest BCUT2D eigenvalue weighted by atomic mass is 16.7. The van der Waals surface area contributed by atoms with Gasteiger partial charge in [-0.25, -0.2) is 4.79 Å². The molecule has 3 rings (SSSR count). The van der Waals surface area contributed by atoms with Crippen LogP contribution in [0.1, 0.15) is 96.0 Å². The van der Waals surface area contributed by atoms with Crippen LogP contribution >= 0.6 is 0 Å². The minimum absolute atomic E-state index is 0.0289. The molecule has 1 spiro atoms. The summed E-state index contributed by atoms with van der Waals surface area (Å²) in [7, 11) is 1.61. The standard InChI is InChI=1S/C29H45NO5/c1-3-4-5-9-15-27(31)17-16-25-14-10-11-19-29(25)20-18-26(22-34-23-33-2)30(29)28(32)35-21-24-12-7-6-8-13-24/h6-8,12-13,25-26H,3-5,9-11,14-23H2,1-2H3/t25-,26+,29-/m0/s1. The van der Waals surface area contributed by atoms with Crippen molar-refractivity contribution in [1.82, 2.24) is 4.90 Å². The van der Waals surface area contributed by atoms with E-state index in [1.165, 1.54) is 12.8 Å². The monoisotopic (exact) mass is 487 g/mol. The van der Waals surface area contributed by atoms with Gasteiger partial charge in [0.1, 0.15) is 19.2 Å². The molecular weight excluding hydrogens is 442 g/mol. The molecule has 196 valence electrons. The van der Waals surface area contributed by atoms with Crippen LogP contribution in [0.2, 0.25) is 0 Å². The summed E-state index contributed by atoms with van der Waals surface area (Å²) < 4.78 is 16.7. The summed E-state index contributed by atoms with van der Waals surface area (Å²) in [6.07, 6.45) is 12.6. The van der Waals surface area contributed by atoms with Gasteiger partial charge in [-0.2, -0.15) is 0 Å². The maximum Gasteiger partial charge on any atom is 0.410 e. The zero-order chi connectivity index (χ0) is 24.9. The van der Waals surface area contributed by atoms with Gasteiger partial charge in [-0.1, -0.05) is 69.4 Å². The van der Waals surface area contributed by atoms with Gasteiger partial charge in [-0.05, 0) is 50.0 Å². The van der Waals surface area contributed by atoms with Gasteiger partial charge in [0.25, 0.3) is 0 Å². The second kappa shape index (κ2) is 14.6. The van der Waals surface area contributed by atoms with E-state index in [9.17, 15) is 9.59 Å². The third-order valence-corrected chi connectivity index (χ3v) is 7.92. The second-order valence-electron chi connectivity index (χ2n) is 10.3. The zero-order valence-electron chi connectivity index (χ0n) is 21.8. The molecule has 1 heterocycles. The molecule has 3 atom stereocenters. The van der Waals surface area contributed by atoms with E-state index in [0.717, 1.165) is 63.4 Å². The minimum Gasteiger partial charge on any atom is -0.445 e. The van der Waals surface area contributed by atoms with Crippen LogP contribution < -0.4 is 0 Å². The molecule has 35 heavy (non-hydrogen) atoms. The van der Waals surface area contributed by atoms with Gasteiger partial charge < -0.3 is 14.2 Å². The molecule has 2 aliphatic rings. The van der Waals surface area contributed by atoms with Crippen LogP contribution in [-0.4, -0.2) is 48.9 Å². The molecule has 1 amide bonds. The molecule has 1 aromatic rings. The summed E-state index contributed by atoms with van der Waals surface area (Å²) in [5.41, 5.74) is 0.741. The van der Waals surface area contributed by atoms with Crippen LogP contribution in [0.5, 0.6) is 0 Å². The number of ether oxygens (including phenoxy) is 3. The quantitative estimate of drug-likeness (QED) is 0.217. The Morgan fingerprint density at radius 3 is 2.63 bits per heavy atom. The van der Waals surface area contributed by atoms with Crippen LogP contribution in [-0.2, 0) is 25.6 Å². The average Bonchev–Trinajstić information content (AvgIpc) is 3.23. The Balaban J connectivity index is 1.69. The normalized spacial score (nSPS) is 24.1. The number of unbranched alkanes of at least 4 members (excludes halogenated alkanes) is 3. The summed E-state index contributed by atoms with van der Waals surface area (Å²) >= 11 is 0. The largest absolute Gasteiger partial charge is 0.445 e. The van der Waals surface area contributed by atoms with Crippen LogP contribution in [0.3, 0.4) is 0 Å². The molecule has 2 fully saturated rings. The minimum atomic E-state index is -0.254. The number of ketones is 1. The topological polar surface area (TPSA) is 65.1 Å². The molecule has 6 nitrogen and oxygen atoms in total. The number of carbonyl (C=O) groups excluding carboxylic acids is 2. The average molecular weight is 488 g/mol. The fraction of sp³-hybridized carbons (Fsp3) is 0.724. The predicted octanol–water partition coefficient (Wildman–Crippen LogP) is 6.66. The highest BCUT2D eigenvalue weighted by Crippen LogP contribution is 2.50. The Morgan fingerprint density at radius 2 is 1.86 bits per heavy atom. The number of nitrogens with zero attached hydrogens (tertiary/aromatic N) is 1. The SMILES string of the molecule is CCCCCCC(=O)CC[C@@H]1CCCC[C@]12CC[C@H](COCOC)N2C(=O)OCc1ccccc1. The van der Waals surface area contributed by atoms with Crippen molar-refractivity contribution in [3.05, 3.63) is 35.9 Å². The van der Waals surface area contributed by atoms with E-state index in [1.807, 2.05) is 35.2 Å². The molecule has 0 bridgehead atoms. The maximum atomic E-state index is 13.6. The lowest BCUT2D eigenvalue weighted by atomic mass is 9.69. The second-order valence-corrected chi connectivity index (χ2v) is 10.3. The lowest BCUT2D eigenvalue weighted by Gasteiger charge is -2.48. The van der Waals surface area contributed by atoms with Crippen LogP contribution in [0.25, 0.3) is 0 Å². The fourth-order valence-electron chi connectivity index (χ4n) is 6.14. The lowest BCUT2D eigenvalue weighted by Crippen LogP contribution is -2.57. The van der Waals surface area contributed by atoms with Crippen molar-refractivity contribution in [2.75, 3.05) is 20.5 Å². The van der Waals surface area contributed by atoms with Crippen molar-refractivity contribution >= 4 is 11.9 Å². The van der Waals surface area contributed by atoms with Gasteiger partial charge in [0.15, 0.2) is 0 Å². The number of likely N-dealkylation sites (tertiary alicyclic amines) is 1. The van der Waals surface area contributed by atoms with Crippen LogP contribution in [0.4, 0.5) is 4.79 Å². The number of rotatable bonds is 14. The molecule has 1 aromatic carbocycles. The Morgan fingerprint density at radius 1 is 1.03 bits per heavy atom. The Bertz CT molecular complexity index is 770. The van der Waals surface area contributed by atoms with E-state index >= 15 is 0 Å². The van der Waals surface area contributed by atoms with E-state index in [1.54, 1.807) is 7.11 Å². The molecule has 6 heteroatoms. The van der Waals surface area contributed by atoms with Crippen LogP contribution in [0, 0.1) is 5.92 Å². The van der Waals surface area contributed by atoms with Crippen molar-refractivity contribution in [3.63, 3.8) is 0 Å². The first-order chi connectivity index (χ1) is 17.1. The van der Waals surface area contributed by atoms with E-state index in [4.69, 9.17) is 14.2 Å². The number of methoxy groups -OCH3 is 1. The lowest BCUT2D eigenvalue weighted by molar-refractivity contribution is -0.119. The number of hydrogen-bond donors (Lipinski definition) is 0. The van der Waals surface area contributed by atoms with Crippen molar-refractivity contribution in [1.29, 1.82) is 0 Å². The fourth-order valence-corrected chi connectivity index (χ4v) is 6.14. The molecule has 0 aromatic heterocycles. The summed E-state index contributed by atoms with van der Waals surface area (Å²) in [6, 6.07) is 9.79. The highest BCUT2D eigenvalue weighted by molar-refractivity contribution is 5.78. The van der Waals surface area contributed by atoms with Gasteiger partial charge in [-0.3, -0.25) is 9.69 Å². The smallest absolute Gasteiger partial charge is 0.410 e. The number of hydrogen-bond acceptors (Lipinski definition) is 5. The predicted molar refractivity (Wildman–Crippen MR) is 137 cm³/mol. The molecular formula is C29H45NO5. The first kappa shape index (κ1) is 27.7. The Labute approximate surface area is 211 Å². The number of carbonyl (C=O) groups is 2. The van der Waals surface area contributed by atoms with Crippen molar-refractivity contribution in [2.24, 2.45) is 5.92 Å². The first-order valence-electron chi connectivity index (χ1n) is 13.7. The summed E-state index contributed by atoms with van der Waals surface area (Å²) in [6.45, 7) is 3.11. The van der Waals surface area contributed by atoms with Gasteiger partial charge in [0.05, 0.1) is 12.6 Å². The van der Waals surface area contributed by atoms with Gasteiger partial charge >= 0.3 is 6.09 Å². The maximum absolute atomic E-state index is 13.6. The number of amides is 1. The van der Waals surface area contributed by atoms with Gasteiger partial charge in [0.2, 0.25) is 0 Å². The third kappa shape index (κ3) is 7.78. The molecule has 0 radical (unpaired) electrons. The van der Waals surface area contributed by atoms with Crippen LogP contribution in [0.15, 0.2) is 30.3 Å². The first-order valence-corrected chi connectivity index (χ1v) is 13.7. The molecule has 1 aliphatic heterocycles. The van der Waals surface area contributed by atoms with Gasteiger partial charge in [0, 0.05) is 25.5 Å². The van der Waals surface area contributed by atoms with Crippen molar-refractivity contribution in [3.8, 4) is 0 Å². The zero-order valence-corrected chi connectivity index (χ0v) is 21.8. The Hall–Kier alpha value is -1.92. The Kier molecular flexibility index (Phi) is 11.5. The summed E-state index contributed by atoms with van der Waals surface area (Å²) in [5, 5.41) is 0. The summed E-state index contributed by atoms with van der Waals surface area (Å²) in [5.74, 6) is 0.700. The highest BCUT2D eigenvalue weighted by Gasteiger charge is 2.54. The van der Waals surface area contributed by atoms with E-state index in [-0.39, 0.29) is 31.1 Å². The van der Waals surface area contributed by atoms with E-state index in [0.29, 0.717) is 31.1 Å². The molecule has 0 N–H and O–H groups in total. The van der Waals surface area contributed by atoms with Gasteiger partial charge in [-0.15, -0.1) is 0 Å². The number of benzene rings is 1. The summed E-state index contributed by atoms with van der Waals surface area (Å²) in [4.78, 5) is 28.2. The molecule has 0 unspecified atom stereocenters. The molecule has 1 saturated heterocycles. The number of Topliss-reactive ketones (excluding diaryl/α,β-unsaturated/α-hetero) is 1. The van der Waals surface area contributed by atoms with Crippen molar-refractivity contribution < 1.29 is 23.8 Å².